The maximum atomic E-state index is 14.9. The number of carboxylic acids is 2. The van der Waals surface area contributed by atoms with E-state index in [0.717, 1.165) is 6.92 Å². The Hall–Kier alpha value is -12.9. The van der Waals surface area contributed by atoms with Crippen LogP contribution in [0, 0.1) is 23.2 Å². The SMILES string of the molecule is CC(C)C[C@H](NC(=O)[C@H](CS)NC(=O)[C@H](Cc1ccccc1)NC(=O)[C@H](CCCNC(=N)N)NC(=O)[C@H](Cc1ccccc1)NC(=O)[C@@H](NC(=O)[C@H](CC(=O)O)NC(=O)[C@H](Cc1cnc[nH]1)NC(=O)[C@H](CC(C)C)NC(=O)[C@H](CCC(N)=O)NC(=O)[C@H](CO)NC(=O)CNC(=O)[C@H](CCCCN)NC(=O)[C@H](Cc1ccc(O)cc1)NC(=O)[C@@H](N)CC(C)C)[C@@H](C)O)C(=O)O. The molecule has 15 amide bonds. The van der Waals surface area contributed by atoms with E-state index in [9.17, 15) is 107 Å². The van der Waals surface area contributed by atoms with Crippen LogP contribution < -0.4 is 103 Å². The minimum Gasteiger partial charge on any atom is -0.508 e. The Morgan fingerprint density at radius 1 is 0.450 bits per heavy atom. The number of carboxylic acid groups (broad SMARTS) is 2. The van der Waals surface area contributed by atoms with E-state index in [1.807, 2.05) is 13.8 Å². The summed E-state index contributed by atoms with van der Waals surface area (Å²) in [5, 5.41) is 96.3. The van der Waals surface area contributed by atoms with Crippen LogP contribution in [-0.2, 0) is 107 Å². The zero-order valence-corrected chi connectivity index (χ0v) is 74.0. The molecule has 0 aliphatic heterocycles. The highest BCUT2D eigenvalue weighted by Gasteiger charge is 2.40. The molecule has 710 valence electrons. The van der Waals surface area contributed by atoms with E-state index in [1.165, 1.54) is 36.8 Å². The molecule has 1 heterocycles. The Morgan fingerprint density at radius 2 is 0.860 bits per heavy atom. The smallest absolute Gasteiger partial charge is 0.326 e. The number of amides is 15. The molecule has 30 N–H and O–H groups in total. The minimum atomic E-state index is -2.15. The first-order valence-electron chi connectivity index (χ1n) is 42.2. The van der Waals surface area contributed by atoms with Gasteiger partial charge in [-0.15, -0.1) is 0 Å². The highest BCUT2D eigenvalue weighted by molar-refractivity contribution is 7.80. The predicted molar refractivity (Wildman–Crippen MR) is 472 cm³/mol. The van der Waals surface area contributed by atoms with Gasteiger partial charge in [-0.1, -0.05) is 114 Å². The maximum absolute atomic E-state index is 14.9. The van der Waals surface area contributed by atoms with Gasteiger partial charge in [0.2, 0.25) is 88.6 Å². The van der Waals surface area contributed by atoms with Crippen LogP contribution in [0.1, 0.15) is 141 Å². The van der Waals surface area contributed by atoms with Crippen LogP contribution in [0.5, 0.6) is 5.75 Å². The standard InChI is InChI=1S/C84H126N22O22S/c1-44(2)31-53(86)70(114)98-58(36-50-23-25-52(109)26-24-50)75(119)95-54(21-14-15-29-85)71(115)92-40-67(111)94-64(41-107)80(124)97-56(27-28-66(87)110)73(117)99-57(32-45(3)4)74(118)101-61(37-51-39-90-43-93-51)78(122)102-62(38-68(112)113)79(123)106-69(47(7)108)82(126)103-60(35-49-19-12-9-13-20-49)76(120)96-55(22-16-30-91-84(88)89)72(116)100-59(34-48-17-10-8-11-18-48)77(121)105-65(42-129)81(125)104-63(83(127)128)33-46(5)6/h8-13,17-20,23-26,39,43-47,53-65,69,107-109,129H,14-16,21-22,27-38,40-42,85-86H2,1-7H3,(H2,87,110)(H,90,93)(H,92,115)(H,94,111)(H,95,119)(H,96,120)(H,97,124)(H,98,114)(H,99,117)(H,100,116)(H,101,118)(H,102,122)(H,103,126)(H,104,125)(H,105,121)(H,106,123)(H,112,113)(H,127,128)(H4,88,89,91)/t47-,53+,54+,55+,56+,57+,58+,59+,60+,61+,62+,63+,64+,65+,69+/m1/s1. The lowest BCUT2D eigenvalue weighted by Gasteiger charge is -2.29. The fourth-order valence-electron chi connectivity index (χ4n) is 13.1. The van der Waals surface area contributed by atoms with Gasteiger partial charge in [-0.05, 0) is 118 Å². The Bertz CT molecular complexity index is 4380. The first kappa shape index (κ1) is 108. The normalized spacial score (nSPS) is 14.7. The number of aromatic amines is 1. The topological polar surface area (TPSA) is 728 Å². The van der Waals surface area contributed by atoms with Gasteiger partial charge < -0.3 is 133 Å². The van der Waals surface area contributed by atoms with Gasteiger partial charge in [0.15, 0.2) is 5.96 Å². The molecule has 0 aliphatic rings. The van der Waals surface area contributed by atoms with Crippen molar-refractivity contribution in [3.8, 4) is 5.75 Å². The van der Waals surface area contributed by atoms with Crippen LogP contribution >= 0.6 is 12.6 Å². The molecule has 45 heteroatoms. The number of benzene rings is 3. The summed E-state index contributed by atoms with van der Waals surface area (Å²) >= 11 is 4.24. The molecule has 15 atom stereocenters. The molecular weight excluding hydrogens is 1700 g/mol. The number of unbranched alkanes of at least 4 members (excludes halogenated alkanes) is 1. The second kappa shape index (κ2) is 56.3. The molecular formula is C84H126N22O22S. The number of nitrogens with zero attached hydrogens (tertiary/aromatic N) is 1. The number of imidazole rings is 1. The lowest BCUT2D eigenvalue weighted by molar-refractivity contribution is -0.143. The first-order valence-corrected chi connectivity index (χ1v) is 42.9. The largest absolute Gasteiger partial charge is 0.508 e. The number of phenolic OH excluding ortho intramolecular Hbond substituents is 1. The predicted octanol–water partition coefficient (Wildman–Crippen LogP) is -5.21. The van der Waals surface area contributed by atoms with E-state index >= 15 is 0 Å². The molecule has 0 fully saturated rings. The van der Waals surface area contributed by atoms with Crippen LogP contribution in [0.2, 0.25) is 0 Å². The van der Waals surface area contributed by atoms with Gasteiger partial charge in [-0.25, -0.2) is 9.78 Å². The third kappa shape index (κ3) is 40.8. The molecule has 0 aliphatic carbocycles. The molecule has 0 spiro atoms. The Balaban J connectivity index is 1.59. The second-order valence-electron chi connectivity index (χ2n) is 32.3. The number of carbonyl (C=O) groups excluding carboxylic acids is 15. The average Bonchev–Trinajstić information content (AvgIpc) is 1.56. The van der Waals surface area contributed by atoms with Crippen molar-refractivity contribution >= 4 is 119 Å². The van der Waals surface area contributed by atoms with Gasteiger partial charge >= 0.3 is 11.9 Å². The maximum Gasteiger partial charge on any atom is 0.326 e. The lowest BCUT2D eigenvalue weighted by atomic mass is 10.0. The Morgan fingerprint density at radius 3 is 1.33 bits per heavy atom. The first-order chi connectivity index (χ1) is 61.0. The number of aliphatic hydroxyl groups excluding tert-OH is 2. The number of carbonyl (C=O) groups is 17. The zero-order chi connectivity index (χ0) is 96.1. The summed E-state index contributed by atoms with van der Waals surface area (Å²) in [4.78, 5) is 243. The fraction of sp³-hybridized carbons (Fsp3) is 0.536. The number of H-pyrrole nitrogens is 1. The zero-order valence-electron chi connectivity index (χ0n) is 73.2. The number of hydrogen-bond acceptors (Lipinski definition) is 25. The molecule has 0 bridgehead atoms. The summed E-state index contributed by atoms with van der Waals surface area (Å²) in [6.45, 7) is 9.70. The molecule has 0 radical (unpaired) electrons. The Kier molecular flexibility index (Phi) is 47.4. The number of nitrogens with one attached hydrogen (secondary N) is 17. The summed E-state index contributed by atoms with van der Waals surface area (Å²) in [5.74, 6) is -20.2. The molecule has 1 aromatic heterocycles. The number of aliphatic carboxylic acids is 2. The van der Waals surface area contributed by atoms with E-state index in [1.54, 1.807) is 88.4 Å². The van der Waals surface area contributed by atoms with Crippen molar-refractivity contribution in [3.63, 3.8) is 0 Å². The van der Waals surface area contributed by atoms with Gasteiger partial charge in [0, 0.05) is 56.3 Å². The number of rotatable bonds is 59. The van der Waals surface area contributed by atoms with Crippen LogP contribution in [-0.4, -0.2) is 265 Å². The van der Waals surface area contributed by atoms with E-state index in [0.29, 0.717) is 29.5 Å². The van der Waals surface area contributed by atoms with Gasteiger partial charge in [-0.3, -0.25) is 82.1 Å². The van der Waals surface area contributed by atoms with Gasteiger partial charge in [-0.2, -0.15) is 12.6 Å². The number of guanidine groups is 1. The third-order valence-corrected chi connectivity index (χ3v) is 20.2. The van der Waals surface area contributed by atoms with E-state index in [-0.39, 0.29) is 99.9 Å². The number of hydrogen-bond donors (Lipinski definition) is 27. The van der Waals surface area contributed by atoms with E-state index in [4.69, 9.17) is 28.3 Å². The van der Waals surface area contributed by atoms with Gasteiger partial charge in [0.1, 0.15) is 84.3 Å². The van der Waals surface area contributed by atoms with Gasteiger partial charge in [0.05, 0.1) is 38.0 Å². The highest BCUT2D eigenvalue weighted by atomic mass is 32.1. The summed E-state index contributed by atoms with van der Waals surface area (Å²) in [6.07, 6.45) is -2.35. The second-order valence-corrected chi connectivity index (χ2v) is 32.7. The van der Waals surface area contributed by atoms with Crippen molar-refractivity contribution in [2.24, 2.45) is 40.7 Å². The van der Waals surface area contributed by atoms with Crippen molar-refractivity contribution in [1.82, 2.24) is 89.7 Å². The van der Waals surface area contributed by atoms with Crippen LogP contribution in [0.3, 0.4) is 0 Å². The summed E-state index contributed by atoms with van der Waals surface area (Å²) in [7, 11) is 0. The monoisotopic (exact) mass is 1830 g/mol. The van der Waals surface area contributed by atoms with E-state index in [2.05, 4.69) is 102 Å². The minimum absolute atomic E-state index is 0.0115. The molecule has 0 unspecified atom stereocenters. The van der Waals surface area contributed by atoms with Crippen LogP contribution in [0.15, 0.2) is 97.5 Å². The molecule has 44 nitrogen and oxygen atoms in total. The molecule has 4 rings (SSSR count). The molecule has 4 aromatic rings. The van der Waals surface area contributed by atoms with Crippen molar-refractivity contribution in [1.29, 1.82) is 5.41 Å². The van der Waals surface area contributed by atoms with Crippen molar-refractivity contribution in [2.45, 2.75) is 235 Å². The Labute approximate surface area is 751 Å². The number of phenols is 1. The van der Waals surface area contributed by atoms with E-state index < -0.39 is 242 Å². The highest BCUT2D eigenvalue weighted by Crippen LogP contribution is 2.17. The number of nitrogens with two attached hydrogens (primary N) is 4. The number of aromatic hydroxyl groups is 1. The third-order valence-electron chi connectivity index (χ3n) is 19.8. The van der Waals surface area contributed by atoms with Crippen LogP contribution in [0.4, 0.5) is 0 Å². The molecule has 3 aromatic carbocycles. The quantitative estimate of drug-likeness (QED) is 0.00850. The summed E-state index contributed by atoms with van der Waals surface area (Å²) in [5.41, 5.74) is 24.5. The number of primary amides is 1. The van der Waals surface area contributed by atoms with Crippen molar-refractivity contribution < 1.29 is 107 Å². The molecule has 0 saturated heterocycles. The molecule has 0 saturated carbocycles. The summed E-state index contributed by atoms with van der Waals surface area (Å²) in [6, 6.07) is -0.392. The average molecular weight is 1830 g/mol. The summed E-state index contributed by atoms with van der Waals surface area (Å²) < 4.78 is 0. The molecule has 129 heavy (non-hydrogen) atoms. The fourth-order valence-corrected chi connectivity index (χ4v) is 13.4. The number of aliphatic hydroxyl groups is 2. The van der Waals surface area contributed by atoms with Crippen LogP contribution in [0.25, 0.3) is 0 Å². The van der Waals surface area contributed by atoms with Crippen molar-refractivity contribution in [3.05, 3.63) is 120 Å². The number of aromatic nitrogens is 2. The van der Waals surface area contributed by atoms with Gasteiger partial charge in [0.25, 0.3) is 0 Å². The number of thiol groups is 1. The lowest BCUT2D eigenvalue weighted by Crippen LogP contribution is -2.62. The van der Waals surface area contributed by atoms with Crippen molar-refractivity contribution in [2.75, 3.05) is 32.0 Å².